The van der Waals surface area contributed by atoms with Crippen LogP contribution >= 0.6 is 15.9 Å². The molecule has 1 N–H and O–H groups in total. The predicted octanol–water partition coefficient (Wildman–Crippen LogP) is 2.76. The second kappa shape index (κ2) is 7.79. The molecule has 27 heavy (non-hydrogen) atoms. The minimum Gasteiger partial charge on any atom is -0.295 e. The van der Waals surface area contributed by atoms with Crippen molar-refractivity contribution in [1.82, 2.24) is 13.9 Å². The van der Waals surface area contributed by atoms with Crippen LogP contribution in [0.15, 0.2) is 26.3 Å². The zero-order valence-corrected chi connectivity index (χ0v) is 18.8. The van der Waals surface area contributed by atoms with E-state index in [2.05, 4.69) is 20.7 Å². The van der Waals surface area contributed by atoms with Crippen LogP contribution in [0.1, 0.15) is 34.1 Å². The molecule has 0 spiro atoms. The monoisotopic (exact) mass is 459 g/mol. The number of amides is 1. The molecule has 7 nitrogen and oxygen atoms in total. The zero-order valence-electron chi connectivity index (χ0n) is 16.4. The zero-order chi connectivity index (χ0) is 20.7. The second-order valence-corrected chi connectivity index (χ2v) is 10.1. The maximum absolute atomic E-state index is 12.9. The molecular formula is C18H26BrN3O4S. The van der Waals surface area contributed by atoms with E-state index in [1.54, 1.807) is 20.2 Å². The smallest absolute Gasteiger partial charge is 0.295 e. The van der Waals surface area contributed by atoms with Crippen molar-refractivity contribution in [2.75, 3.05) is 0 Å². The maximum atomic E-state index is 12.9. The SMILES string of the molecule is CC(C)CC(C(=O)NS(=O)(=O)c1cc2c(cc1Br)n(C)c(=O)n2C)C(C)C. The van der Waals surface area contributed by atoms with E-state index < -0.39 is 21.8 Å². The lowest BCUT2D eigenvalue weighted by atomic mass is 9.87. The number of nitrogens with one attached hydrogen (secondary N) is 1. The van der Waals surface area contributed by atoms with Gasteiger partial charge in [0.2, 0.25) is 5.91 Å². The largest absolute Gasteiger partial charge is 0.328 e. The third kappa shape index (κ3) is 4.29. The van der Waals surface area contributed by atoms with Gasteiger partial charge in [0.05, 0.1) is 11.0 Å². The van der Waals surface area contributed by atoms with Crippen molar-refractivity contribution in [2.45, 2.75) is 39.0 Å². The minimum atomic E-state index is -4.09. The normalized spacial score (nSPS) is 13.5. The highest BCUT2D eigenvalue weighted by atomic mass is 79.9. The van der Waals surface area contributed by atoms with E-state index in [1.165, 1.54) is 15.2 Å². The average molecular weight is 460 g/mol. The molecule has 1 amide bonds. The highest BCUT2D eigenvalue weighted by Crippen LogP contribution is 2.28. The number of halogens is 1. The summed E-state index contributed by atoms with van der Waals surface area (Å²) in [6, 6.07) is 2.98. The van der Waals surface area contributed by atoms with Crippen molar-refractivity contribution in [1.29, 1.82) is 0 Å². The topological polar surface area (TPSA) is 90.2 Å². The van der Waals surface area contributed by atoms with Crippen molar-refractivity contribution < 1.29 is 13.2 Å². The molecule has 0 fully saturated rings. The van der Waals surface area contributed by atoms with Crippen LogP contribution in [0.5, 0.6) is 0 Å². The van der Waals surface area contributed by atoms with E-state index in [9.17, 15) is 18.0 Å². The van der Waals surface area contributed by atoms with Crippen LogP contribution in [0, 0.1) is 17.8 Å². The maximum Gasteiger partial charge on any atom is 0.328 e. The summed E-state index contributed by atoms with van der Waals surface area (Å²) in [6.07, 6.45) is 0.604. The Morgan fingerprint density at radius 3 is 2.11 bits per heavy atom. The number of aryl methyl sites for hydroxylation is 2. The Morgan fingerprint density at radius 1 is 1.11 bits per heavy atom. The predicted molar refractivity (Wildman–Crippen MR) is 109 cm³/mol. The molecule has 0 bridgehead atoms. The standard InChI is InChI=1S/C18H26BrN3O4S/c1-10(2)7-12(11(3)4)17(23)20-27(25,26)16-9-15-14(8-13(16)19)21(5)18(24)22(15)6/h8-12H,7H2,1-6H3,(H,20,23). The van der Waals surface area contributed by atoms with Gasteiger partial charge in [0.15, 0.2) is 0 Å². The highest BCUT2D eigenvalue weighted by Gasteiger charge is 2.29. The Bertz CT molecular complexity index is 1040. The van der Waals surface area contributed by atoms with E-state index in [-0.39, 0.29) is 22.4 Å². The number of fused-ring (bicyclic) bond motifs is 1. The first-order valence-corrected chi connectivity index (χ1v) is 11.1. The van der Waals surface area contributed by atoms with Crippen molar-refractivity contribution in [3.8, 4) is 0 Å². The minimum absolute atomic E-state index is 0.0171. The molecule has 1 aromatic carbocycles. The summed E-state index contributed by atoms with van der Waals surface area (Å²) in [5.74, 6) is -0.618. The fourth-order valence-electron chi connectivity index (χ4n) is 3.16. The average Bonchev–Trinajstić information content (AvgIpc) is 2.75. The van der Waals surface area contributed by atoms with Gasteiger partial charge in [-0.1, -0.05) is 27.7 Å². The molecular weight excluding hydrogens is 434 g/mol. The highest BCUT2D eigenvalue weighted by molar-refractivity contribution is 9.10. The molecule has 0 aliphatic carbocycles. The van der Waals surface area contributed by atoms with Gasteiger partial charge < -0.3 is 0 Å². The third-order valence-corrected chi connectivity index (χ3v) is 7.02. The number of aromatic nitrogens is 2. The van der Waals surface area contributed by atoms with E-state index in [0.29, 0.717) is 21.9 Å². The summed E-state index contributed by atoms with van der Waals surface area (Å²) >= 11 is 3.26. The van der Waals surface area contributed by atoms with Crippen LogP contribution in [-0.2, 0) is 28.9 Å². The molecule has 9 heteroatoms. The molecule has 1 unspecified atom stereocenters. The van der Waals surface area contributed by atoms with E-state index in [0.717, 1.165) is 0 Å². The first kappa shape index (κ1) is 21.7. The van der Waals surface area contributed by atoms with E-state index >= 15 is 0 Å². The first-order valence-electron chi connectivity index (χ1n) is 8.78. The van der Waals surface area contributed by atoms with Crippen LogP contribution in [0.25, 0.3) is 11.0 Å². The van der Waals surface area contributed by atoms with Crippen LogP contribution in [0.3, 0.4) is 0 Å². The molecule has 0 saturated heterocycles. The summed E-state index contributed by atoms with van der Waals surface area (Å²) < 4.78 is 31.1. The van der Waals surface area contributed by atoms with Crippen molar-refractivity contribution in [3.05, 3.63) is 27.1 Å². The molecule has 2 aromatic rings. The fraction of sp³-hybridized carbons (Fsp3) is 0.556. The lowest BCUT2D eigenvalue weighted by molar-refractivity contribution is -0.125. The Kier molecular flexibility index (Phi) is 6.26. The number of imidazole rings is 1. The summed E-state index contributed by atoms with van der Waals surface area (Å²) in [5, 5.41) is 0. The molecule has 1 aromatic heterocycles. The van der Waals surface area contributed by atoms with Gasteiger partial charge >= 0.3 is 5.69 Å². The molecule has 1 heterocycles. The number of benzene rings is 1. The Labute approximate surface area is 167 Å². The van der Waals surface area contributed by atoms with Gasteiger partial charge in [-0.2, -0.15) is 0 Å². The van der Waals surface area contributed by atoms with E-state index in [4.69, 9.17) is 0 Å². The molecule has 150 valence electrons. The third-order valence-electron chi connectivity index (χ3n) is 4.72. The lowest BCUT2D eigenvalue weighted by Crippen LogP contribution is -2.38. The Hall–Kier alpha value is -1.61. The first-order chi connectivity index (χ1) is 12.4. The Balaban J connectivity index is 2.47. The number of hydrogen-bond donors (Lipinski definition) is 1. The molecule has 0 aliphatic heterocycles. The quantitative estimate of drug-likeness (QED) is 0.718. The number of sulfonamides is 1. The van der Waals surface area contributed by atoms with E-state index in [1.807, 2.05) is 27.7 Å². The van der Waals surface area contributed by atoms with Crippen LogP contribution in [-0.4, -0.2) is 23.5 Å². The number of rotatable bonds is 6. The number of nitrogens with zero attached hydrogens (tertiary/aromatic N) is 2. The van der Waals surface area contributed by atoms with Gasteiger partial charge in [0.1, 0.15) is 4.90 Å². The number of carbonyl (C=O) groups excluding carboxylic acids is 1. The van der Waals surface area contributed by atoms with Crippen LogP contribution in [0.4, 0.5) is 0 Å². The van der Waals surface area contributed by atoms with Gasteiger partial charge in [-0.3, -0.25) is 13.9 Å². The summed E-state index contributed by atoms with van der Waals surface area (Å²) in [5.41, 5.74) is 0.813. The number of carbonyl (C=O) groups is 1. The summed E-state index contributed by atoms with van der Waals surface area (Å²) in [6.45, 7) is 7.80. The van der Waals surface area contributed by atoms with Crippen molar-refractivity contribution in [3.63, 3.8) is 0 Å². The number of hydrogen-bond acceptors (Lipinski definition) is 4. The molecule has 0 aliphatic rings. The second-order valence-electron chi connectivity index (χ2n) is 7.62. The Morgan fingerprint density at radius 2 is 1.63 bits per heavy atom. The van der Waals surface area contributed by atoms with Crippen molar-refractivity contribution in [2.24, 2.45) is 31.8 Å². The van der Waals surface area contributed by atoms with Gasteiger partial charge in [-0.25, -0.2) is 17.9 Å². The lowest BCUT2D eigenvalue weighted by Gasteiger charge is -2.22. The van der Waals surface area contributed by atoms with Crippen LogP contribution < -0.4 is 10.4 Å². The van der Waals surface area contributed by atoms with Crippen LogP contribution in [0.2, 0.25) is 0 Å². The molecule has 0 radical (unpaired) electrons. The fourth-order valence-corrected chi connectivity index (χ4v) is 5.24. The molecule has 2 rings (SSSR count). The summed E-state index contributed by atoms with van der Waals surface area (Å²) in [4.78, 5) is 24.7. The van der Waals surface area contributed by atoms with Gasteiger partial charge in [-0.05, 0) is 46.3 Å². The van der Waals surface area contributed by atoms with Crippen molar-refractivity contribution >= 4 is 42.9 Å². The van der Waals surface area contributed by atoms with Gasteiger partial charge in [-0.15, -0.1) is 0 Å². The summed E-state index contributed by atoms with van der Waals surface area (Å²) in [7, 11) is -0.896. The van der Waals surface area contributed by atoms with Gasteiger partial charge in [0, 0.05) is 24.5 Å². The van der Waals surface area contributed by atoms with Gasteiger partial charge in [0.25, 0.3) is 10.0 Å². The molecule has 0 saturated carbocycles. The molecule has 1 atom stereocenters.